The number of carbonyl (C=O) groups is 1. The maximum atomic E-state index is 13.5. The summed E-state index contributed by atoms with van der Waals surface area (Å²) in [6.07, 6.45) is 1.95. The van der Waals surface area contributed by atoms with E-state index in [1.807, 2.05) is 78.2 Å². The molecule has 6 nitrogen and oxygen atoms in total. The van der Waals surface area contributed by atoms with Crippen LogP contribution in [0.5, 0.6) is 0 Å². The number of carbonyl (C=O) groups excluding carboxylic acids is 1. The van der Waals surface area contributed by atoms with E-state index in [0.717, 1.165) is 42.1 Å². The maximum absolute atomic E-state index is 13.5. The maximum Gasteiger partial charge on any atom is 0.255 e. The van der Waals surface area contributed by atoms with Crippen molar-refractivity contribution in [3.63, 3.8) is 0 Å². The molecule has 1 atom stereocenters. The van der Waals surface area contributed by atoms with Crippen LogP contribution in [0, 0.1) is 4.77 Å². The highest BCUT2D eigenvalue weighted by atomic mass is 32.1. The molecule has 0 saturated carbocycles. The Morgan fingerprint density at radius 1 is 1.17 bits per heavy atom. The molecule has 1 saturated heterocycles. The predicted octanol–water partition coefficient (Wildman–Crippen LogP) is 4.27. The molecule has 1 fully saturated rings. The topological polar surface area (TPSA) is 57.2 Å². The number of aromatic amines is 1. The molecular weight excluding hydrogens is 382 g/mol. The van der Waals surface area contributed by atoms with Gasteiger partial charge in [-0.2, -0.15) is 5.10 Å². The highest BCUT2D eigenvalue weighted by molar-refractivity contribution is 7.71. The summed E-state index contributed by atoms with van der Waals surface area (Å²) in [4.78, 5) is 17.5. The van der Waals surface area contributed by atoms with Gasteiger partial charge in [0.15, 0.2) is 4.77 Å². The smallest absolute Gasteiger partial charge is 0.255 e. The first-order chi connectivity index (χ1) is 14.1. The van der Waals surface area contributed by atoms with E-state index in [-0.39, 0.29) is 11.8 Å². The van der Waals surface area contributed by atoms with Crippen molar-refractivity contribution in [1.82, 2.24) is 19.7 Å². The molecule has 29 heavy (non-hydrogen) atoms. The van der Waals surface area contributed by atoms with Crippen molar-refractivity contribution in [2.75, 3.05) is 25.0 Å². The van der Waals surface area contributed by atoms with E-state index in [0.29, 0.717) is 11.3 Å². The van der Waals surface area contributed by atoms with Crippen LogP contribution < -0.4 is 4.90 Å². The molecule has 1 aliphatic heterocycles. The van der Waals surface area contributed by atoms with Crippen LogP contribution in [0.4, 0.5) is 11.4 Å². The monoisotopic (exact) mass is 407 g/mol. The molecule has 1 N–H and O–H groups in total. The molecule has 1 aromatic heterocycles. The highest BCUT2D eigenvalue weighted by Crippen LogP contribution is 2.30. The molecule has 3 aromatic rings. The zero-order valence-corrected chi connectivity index (χ0v) is 17.5. The lowest BCUT2D eigenvalue weighted by atomic mass is 9.96. The molecule has 7 heteroatoms. The largest absolute Gasteiger partial charge is 0.344 e. The molecule has 2 heterocycles. The SMILES string of the molecule is CN(c1ccccc1)c1ccccc1C(=O)N1CCCC(c2n[nH]c(=S)n2C)C1. The Morgan fingerprint density at radius 3 is 2.62 bits per heavy atom. The first-order valence-electron chi connectivity index (χ1n) is 9.84. The minimum Gasteiger partial charge on any atom is -0.344 e. The van der Waals surface area contributed by atoms with E-state index in [2.05, 4.69) is 15.1 Å². The Balaban J connectivity index is 1.60. The van der Waals surface area contributed by atoms with Gasteiger partial charge in [-0.25, -0.2) is 0 Å². The van der Waals surface area contributed by atoms with Crippen molar-refractivity contribution < 1.29 is 4.79 Å². The van der Waals surface area contributed by atoms with Gasteiger partial charge >= 0.3 is 0 Å². The van der Waals surface area contributed by atoms with Crippen molar-refractivity contribution >= 4 is 29.5 Å². The van der Waals surface area contributed by atoms with Crippen LogP contribution in [0.2, 0.25) is 0 Å². The number of aromatic nitrogens is 3. The summed E-state index contributed by atoms with van der Waals surface area (Å²) in [6.45, 7) is 1.41. The first-order valence-corrected chi connectivity index (χ1v) is 10.3. The number of amides is 1. The van der Waals surface area contributed by atoms with E-state index in [1.165, 1.54) is 0 Å². The number of nitrogens with one attached hydrogen (secondary N) is 1. The van der Waals surface area contributed by atoms with Gasteiger partial charge in [-0.1, -0.05) is 30.3 Å². The second-order valence-corrected chi connectivity index (χ2v) is 7.83. The van der Waals surface area contributed by atoms with Crippen LogP contribution in [0.1, 0.15) is 34.9 Å². The van der Waals surface area contributed by atoms with Gasteiger partial charge in [0.1, 0.15) is 5.82 Å². The molecule has 0 bridgehead atoms. The minimum absolute atomic E-state index is 0.0601. The van der Waals surface area contributed by atoms with Crippen LogP contribution in [0.25, 0.3) is 0 Å². The normalized spacial score (nSPS) is 16.6. The highest BCUT2D eigenvalue weighted by Gasteiger charge is 2.29. The summed E-state index contributed by atoms with van der Waals surface area (Å²) in [5.74, 6) is 1.16. The van der Waals surface area contributed by atoms with Gasteiger partial charge in [-0.15, -0.1) is 0 Å². The predicted molar refractivity (Wildman–Crippen MR) is 117 cm³/mol. The lowest BCUT2D eigenvalue weighted by Crippen LogP contribution is -2.40. The summed E-state index contributed by atoms with van der Waals surface area (Å²) in [7, 11) is 3.92. The number of anilines is 2. The molecule has 1 amide bonds. The van der Waals surface area contributed by atoms with Crippen LogP contribution in [0.3, 0.4) is 0 Å². The lowest BCUT2D eigenvalue weighted by Gasteiger charge is -2.33. The molecule has 2 aromatic carbocycles. The standard InChI is InChI=1S/C22H25N5OS/c1-25(17-10-4-3-5-11-17)19-13-7-6-12-18(19)21(28)27-14-8-9-16(15-27)20-23-24-22(29)26(20)2/h3-7,10-13,16H,8-9,14-15H2,1-2H3,(H,24,29). The summed E-state index contributed by atoms with van der Waals surface area (Å²) < 4.78 is 2.52. The van der Waals surface area contributed by atoms with E-state index < -0.39 is 0 Å². The number of para-hydroxylation sites is 2. The van der Waals surface area contributed by atoms with Crippen molar-refractivity contribution in [2.24, 2.45) is 7.05 Å². The number of hydrogen-bond donors (Lipinski definition) is 1. The fraction of sp³-hybridized carbons (Fsp3) is 0.318. The quantitative estimate of drug-likeness (QED) is 0.657. The van der Waals surface area contributed by atoms with Crippen molar-refractivity contribution in [1.29, 1.82) is 0 Å². The fourth-order valence-corrected chi connectivity index (χ4v) is 4.14. The Bertz CT molecular complexity index is 1060. The lowest BCUT2D eigenvalue weighted by molar-refractivity contribution is 0.0704. The summed E-state index contributed by atoms with van der Waals surface area (Å²) in [6, 6.07) is 17.9. The van der Waals surface area contributed by atoms with Crippen molar-refractivity contribution in [3.8, 4) is 0 Å². The van der Waals surface area contributed by atoms with Gasteiger partial charge in [-0.3, -0.25) is 9.89 Å². The minimum atomic E-state index is 0.0601. The van der Waals surface area contributed by atoms with Crippen LogP contribution in [-0.4, -0.2) is 45.7 Å². The molecule has 150 valence electrons. The van der Waals surface area contributed by atoms with E-state index in [9.17, 15) is 4.79 Å². The van der Waals surface area contributed by atoms with Crippen LogP contribution >= 0.6 is 12.2 Å². The van der Waals surface area contributed by atoms with Gasteiger partial charge in [-0.05, 0) is 49.3 Å². The number of likely N-dealkylation sites (tertiary alicyclic amines) is 1. The van der Waals surface area contributed by atoms with Gasteiger partial charge in [0.25, 0.3) is 5.91 Å². The summed E-state index contributed by atoms with van der Waals surface area (Å²) in [5, 5.41) is 7.25. The van der Waals surface area contributed by atoms with E-state index in [1.54, 1.807) is 0 Å². The number of piperidine rings is 1. The second-order valence-electron chi connectivity index (χ2n) is 7.45. The molecule has 1 unspecified atom stereocenters. The molecule has 1 aliphatic rings. The van der Waals surface area contributed by atoms with Gasteiger partial charge in [0.2, 0.25) is 0 Å². The Hall–Kier alpha value is -2.93. The summed E-state index contributed by atoms with van der Waals surface area (Å²) in [5.41, 5.74) is 2.67. The number of H-pyrrole nitrogens is 1. The van der Waals surface area contributed by atoms with Gasteiger partial charge in [0.05, 0.1) is 11.3 Å². The first kappa shape index (κ1) is 19.4. The molecule has 4 rings (SSSR count). The number of rotatable bonds is 4. The number of benzene rings is 2. The zero-order chi connectivity index (χ0) is 20.4. The fourth-order valence-electron chi connectivity index (χ4n) is 4.00. The van der Waals surface area contributed by atoms with Crippen molar-refractivity contribution in [2.45, 2.75) is 18.8 Å². The van der Waals surface area contributed by atoms with E-state index >= 15 is 0 Å². The number of hydrogen-bond acceptors (Lipinski definition) is 4. The Kier molecular flexibility index (Phi) is 5.49. The third kappa shape index (κ3) is 3.82. The number of nitrogens with zero attached hydrogens (tertiary/aromatic N) is 4. The van der Waals surface area contributed by atoms with Gasteiger partial charge < -0.3 is 14.4 Å². The van der Waals surface area contributed by atoms with Crippen molar-refractivity contribution in [3.05, 3.63) is 70.8 Å². The molecule has 0 spiro atoms. The molecular formula is C22H25N5OS. The second kappa shape index (κ2) is 8.21. The molecule has 0 radical (unpaired) electrons. The zero-order valence-electron chi connectivity index (χ0n) is 16.7. The van der Waals surface area contributed by atoms with Gasteiger partial charge in [0, 0.05) is 38.8 Å². The summed E-state index contributed by atoms with van der Waals surface area (Å²) >= 11 is 5.25. The average Bonchev–Trinajstić information content (AvgIpc) is 3.11. The average molecular weight is 408 g/mol. The third-order valence-corrected chi connectivity index (χ3v) is 5.99. The Morgan fingerprint density at radius 2 is 1.90 bits per heavy atom. The van der Waals surface area contributed by atoms with E-state index in [4.69, 9.17) is 12.2 Å². The van der Waals surface area contributed by atoms with Crippen LogP contribution in [-0.2, 0) is 7.05 Å². The van der Waals surface area contributed by atoms with Crippen LogP contribution in [0.15, 0.2) is 54.6 Å². The molecule has 0 aliphatic carbocycles. The third-order valence-electron chi connectivity index (χ3n) is 5.63. The Labute approximate surface area is 175 Å².